The number of nitrogens with zero attached hydrogens (tertiary/aromatic N) is 3. The van der Waals surface area contributed by atoms with Gasteiger partial charge in [-0.25, -0.2) is 13.1 Å². The molecule has 1 fully saturated rings. The molecule has 0 bridgehead atoms. The van der Waals surface area contributed by atoms with Crippen molar-refractivity contribution in [3.05, 3.63) is 70.3 Å². The van der Waals surface area contributed by atoms with Crippen LogP contribution in [0.25, 0.3) is 11.0 Å². The van der Waals surface area contributed by atoms with Crippen molar-refractivity contribution >= 4 is 54.2 Å². The molecule has 0 saturated heterocycles. The first-order valence-electron chi connectivity index (χ1n) is 13.6. The topological polar surface area (TPSA) is 139 Å². The first kappa shape index (κ1) is 29.6. The predicted octanol–water partition coefficient (Wildman–Crippen LogP) is 6.29. The Morgan fingerprint density at radius 1 is 0.932 bits per heavy atom. The largest absolute Gasteiger partial charge is 0.497 e. The summed E-state index contributed by atoms with van der Waals surface area (Å²) >= 11 is 3.34. The second-order valence-electron chi connectivity index (χ2n) is 10.2. The van der Waals surface area contributed by atoms with Crippen LogP contribution in [0.5, 0.6) is 23.0 Å². The molecular weight excluding hydrogens is 654 g/mol. The molecule has 3 aromatic carbocycles. The van der Waals surface area contributed by atoms with E-state index < -0.39 is 10.0 Å². The smallest absolute Gasteiger partial charge is 0.270 e. The van der Waals surface area contributed by atoms with Gasteiger partial charge in [0, 0.05) is 22.5 Å². The van der Waals surface area contributed by atoms with E-state index in [2.05, 4.69) is 31.1 Å². The number of hydrogen-bond acceptors (Lipinski definition) is 10. The van der Waals surface area contributed by atoms with Crippen LogP contribution < -0.4 is 29.0 Å². The van der Waals surface area contributed by atoms with Gasteiger partial charge in [0.05, 0.1) is 51.8 Å². The summed E-state index contributed by atoms with van der Waals surface area (Å²) < 4.78 is 59.3. The van der Waals surface area contributed by atoms with E-state index in [9.17, 15) is 8.42 Å². The Labute approximate surface area is 262 Å². The number of nitrogens with one attached hydrogen (secondary N) is 2. The normalized spacial score (nSPS) is 13.1. The van der Waals surface area contributed by atoms with E-state index in [0.717, 1.165) is 35.7 Å². The lowest BCUT2D eigenvalue weighted by Gasteiger charge is -2.15. The number of fused-ring (bicyclic) bond motifs is 1. The van der Waals surface area contributed by atoms with Crippen molar-refractivity contribution in [2.45, 2.75) is 30.2 Å². The van der Waals surface area contributed by atoms with Crippen LogP contribution >= 0.6 is 15.9 Å². The molecule has 44 heavy (non-hydrogen) atoms. The lowest BCUT2D eigenvalue weighted by Crippen LogP contribution is -2.15. The van der Waals surface area contributed by atoms with Crippen LogP contribution in [-0.4, -0.2) is 51.8 Å². The molecule has 0 amide bonds. The second kappa shape index (κ2) is 11.9. The first-order chi connectivity index (χ1) is 21.2. The quantitative estimate of drug-likeness (QED) is 0.154. The SMILES string of the molecule is COc1ccc(Cn2nc(C3CC3)cc2Nc2cc3onc(NS(=O)(=O)c4c(OC)cc(Br)cc4OC)c3cc2OC)cc1. The summed E-state index contributed by atoms with van der Waals surface area (Å²) in [6, 6.07) is 16.3. The summed E-state index contributed by atoms with van der Waals surface area (Å²) in [5.74, 6) is 2.63. The highest BCUT2D eigenvalue weighted by Crippen LogP contribution is 2.42. The molecule has 2 N–H and O–H groups in total. The number of benzene rings is 3. The van der Waals surface area contributed by atoms with Crippen LogP contribution in [0.3, 0.4) is 0 Å². The average molecular weight is 685 g/mol. The Bertz CT molecular complexity index is 1910. The van der Waals surface area contributed by atoms with Crippen molar-refractivity contribution < 1.29 is 31.9 Å². The molecule has 1 aliphatic carbocycles. The second-order valence-corrected chi connectivity index (χ2v) is 12.7. The van der Waals surface area contributed by atoms with E-state index in [1.54, 1.807) is 19.2 Å². The number of hydrogen-bond donors (Lipinski definition) is 2. The molecule has 5 aromatic rings. The van der Waals surface area contributed by atoms with Gasteiger partial charge in [-0.15, -0.1) is 0 Å². The molecule has 2 heterocycles. The van der Waals surface area contributed by atoms with Crippen molar-refractivity contribution in [3.63, 3.8) is 0 Å². The highest BCUT2D eigenvalue weighted by atomic mass is 79.9. The van der Waals surface area contributed by atoms with E-state index in [4.69, 9.17) is 28.6 Å². The zero-order valence-corrected chi connectivity index (χ0v) is 26.8. The maximum Gasteiger partial charge on any atom is 0.270 e. The molecule has 6 rings (SSSR count). The third-order valence-corrected chi connectivity index (χ3v) is 9.13. The minimum absolute atomic E-state index is 0.0163. The molecule has 14 heteroatoms. The van der Waals surface area contributed by atoms with Gasteiger partial charge in [0.2, 0.25) is 0 Å². The van der Waals surface area contributed by atoms with Gasteiger partial charge in [0.1, 0.15) is 28.8 Å². The van der Waals surface area contributed by atoms with Crippen LogP contribution in [0, 0.1) is 0 Å². The molecule has 2 aromatic heterocycles. The Morgan fingerprint density at radius 2 is 1.61 bits per heavy atom. The molecule has 0 radical (unpaired) electrons. The van der Waals surface area contributed by atoms with Gasteiger partial charge in [0.25, 0.3) is 10.0 Å². The lowest BCUT2D eigenvalue weighted by atomic mass is 10.2. The number of halogens is 1. The fraction of sp³-hybridized carbons (Fsp3) is 0.267. The maximum absolute atomic E-state index is 13.5. The maximum atomic E-state index is 13.5. The highest BCUT2D eigenvalue weighted by Gasteiger charge is 2.29. The third-order valence-electron chi connectivity index (χ3n) is 7.27. The van der Waals surface area contributed by atoms with Crippen molar-refractivity contribution in [2.75, 3.05) is 38.5 Å². The Balaban J connectivity index is 1.32. The highest BCUT2D eigenvalue weighted by molar-refractivity contribution is 9.10. The van der Waals surface area contributed by atoms with Crippen LogP contribution in [0.1, 0.15) is 30.0 Å². The van der Waals surface area contributed by atoms with E-state index in [-0.39, 0.29) is 22.2 Å². The predicted molar refractivity (Wildman–Crippen MR) is 168 cm³/mol. The zero-order chi connectivity index (χ0) is 31.0. The summed E-state index contributed by atoms with van der Waals surface area (Å²) in [5.41, 5.74) is 3.02. The lowest BCUT2D eigenvalue weighted by molar-refractivity contribution is 0.373. The minimum Gasteiger partial charge on any atom is -0.497 e. The Morgan fingerprint density at radius 3 is 2.23 bits per heavy atom. The van der Waals surface area contributed by atoms with E-state index in [1.165, 1.54) is 33.5 Å². The first-order valence-corrected chi connectivity index (χ1v) is 15.9. The molecule has 0 unspecified atom stereocenters. The number of anilines is 3. The fourth-order valence-electron chi connectivity index (χ4n) is 4.87. The summed E-state index contributed by atoms with van der Waals surface area (Å²) in [4.78, 5) is -0.177. The molecule has 0 spiro atoms. The van der Waals surface area contributed by atoms with Gasteiger partial charge in [0.15, 0.2) is 16.3 Å². The van der Waals surface area contributed by atoms with Crippen LogP contribution in [0.4, 0.5) is 17.3 Å². The molecule has 12 nitrogen and oxygen atoms in total. The average Bonchev–Trinajstić information content (AvgIpc) is 3.70. The number of sulfonamides is 1. The van der Waals surface area contributed by atoms with Gasteiger partial charge < -0.3 is 28.8 Å². The van der Waals surface area contributed by atoms with Crippen molar-refractivity contribution in [1.82, 2.24) is 14.9 Å². The van der Waals surface area contributed by atoms with Crippen molar-refractivity contribution in [3.8, 4) is 23.0 Å². The summed E-state index contributed by atoms with van der Waals surface area (Å²) in [5, 5.41) is 12.7. The van der Waals surface area contributed by atoms with Crippen LogP contribution in [-0.2, 0) is 16.6 Å². The molecule has 0 atom stereocenters. The van der Waals surface area contributed by atoms with Gasteiger partial charge in [-0.1, -0.05) is 33.2 Å². The molecular formula is C30H30BrN5O7S. The molecule has 0 aliphatic heterocycles. The van der Waals surface area contributed by atoms with Gasteiger partial charge >= 0.3 is 0 Å². The summed E-state index contributed by atoms with van der Waals surface area (Å²) in [6.07, 6.45) is 2.23. The summed E-state index contributed by atoms with van der Waals surface area (Å²) in [7, 11) is 1.71. The van der Waals surface area contributed by atoms with Crippen molar-refractivity contribution in [2.24, 2.45) is 0 Å². The van der Waals surface area contributed by atoms with Crippen LogP contribution in [0.2, 0.25) is 0 Å². The molecule has 230 valence electrons. The van der Waals surface area contributed by atoms with E-state index in [1.807, 2.05) is 35.0 Å². The van der Waals surface area contributed by atoms with Gasteiger partial charge in [-0.05, 0) is 48.7 Å². The van der Waals surface area contributed by atoms with E-state index >= 15 is 0 Å². The van der Waals surface area contributed by atoms with Crippen molar-refractivity contribution in [1.29, 1.82) is 0 Å². The number of aromatic nitrogens is 3. The minimum atomic E-state index is -4.21. The number of methoxy groups -OCH3 is 4. The van der Waals surface area contributed by atoms with Gasteiger partial charge in [-0.2, -0.15) is 5.10 Å². The summed E-state index contributed by atoms with van der Waals surface area (Å²) in [6.45, 7) is 0.542. The molecule has 1 aliphatic rings. The number of rotatable bonds is 12. The molecule has 1 saturated carbocycles. The fourth-order valence-corrected chi connectivity index (χ4v) is 6.61. The number of ether oxygens (including phenoxy) is 4. The zero-order valence-electron chi connectivity index (χ0n) is 24.4. The van der Waals surface area contributed by atoms with Gasteiger partial charge in [-0.3, -0.25) is 4.72 Å². The Hall–Kier alpha value is -4.43. The third kappa shape index (κ3) is 5.86. The standard InChI is InChI=1S/C30H30BrN5O7S/c1-39-20-9-5-17(6-10-20)16-36-28(15-22(33-36)18-7-8-18)32-23-14-24-21(13-25(23)40-2)30(34-43-24)35-44(37,38)29-26(41-3)11-19(31)12-27(29)42-4/h5-6,9-15,18,32H,7-8,16H2,1-4H3,(H,34,35). The monoisotopic (exact) mass is 683 g/mol. The van der Waals surface area contributed by atoms with E-state index in [0.29, 0.717) is 39.3 Å². The van der Waals surface area contributed by atoms with Crippen LogP contribution in [0.15, 0.2) is 68.5 Å². The Kier molecular flexibility index (Phi) is 8.03.